The second-order valence-corrected chi connectivity index (χ2v) is 14.8. The molecule has 0 spiro atoms. The minimum Gasteiger partial charge on any atom is -0.456 e. The van der Waals surface area contributed by atoms with Gasteiger partial charge in [-0.15, -0.1) is 11.3 Å². The molecule has 2 aromatic heterocycles. The van der Waals surface area contributed by atoms with Gasteiger partial charge in [-0.2, -0.15) is 0 Å². The molecule has 0 radical (unpaired) electrons. The van der Waals surface area contributed by atoms with E-state index in [0.717, 1.165) is 39.0 Å². The summed E-state index contributed by atoms with van der Waals surface area (Å²) in [6.45, 7) is 0. The second kappa shape index (κ2) is 11.9. The molecular weight excluding hydrogens is 663 g/mol. The van der Waals surface area contributed by atoms with Crippen molar-refractivity contribution in [1.82, 2.24) is 0 Å². The number of thiophene rings is 1. The van der Waals surface area contributed by atoms with Crippen LogP contribution in [-0.4, -0.2) is 0 Å². The standard InChI is InChI=1S/C50H31NOS/c1-2-12-38(13-3-1)51(39-25-24-36-29-35(22-23-37(36)30-39)34-21-20-32-10-4-5-11-33(32)28-34)40-26-27-47-44(31-40)50-42(16-9-19-48(50)53-47)41-15-8-18-46-49(41)43-14-6-7-17-45(43)52-46/h1-31H. The number of benzene rings is 9. The van der Waals surface area contributed by atoms with Gasteiger partial charge in [-0.3, -0.25) is 0 Å². The first-order valence-electron chi connectivity index (χ1n) is 18.0. The molecule has 0 saturated carbocycles. The first kappa shape index (κ1) is 30.0. The molecule has 0 fully saturated rings. The van der Waals surface area contributed by atoms with E-state index in [1.165, 1.54) is 64.0 Å². The van der Waals surface area contributed by atoms with Crippen LogP contribution in [-0.2, 0) is 0 Å². The summed E-state index contributed by atoms with van der Waals surface area (Å²) >= 11 is 1.85. The SMILES string of the molecule is c1ccc(N(c2ccc3cc(-c4ccc5ccccc5c4)ccc3c2)c2ccc3sc4cccc(-c5cccc6oc7ccccc7c56)c4c3c2)cc1. The van der Waals surface area contributed by atoms with E-state index in [1.54, 1.807) is 0 Å². The van der Waals surface area contributed by atoms with Crippen LogP contribution in [0.15, 0.2) is 192 Å². The first-order chi connectivity index (χ1) is 26.2. The van der Waals surface area contributed by atoms with Crippen molar-refractivity contribution in [3.8, 4) is 22.3 Å². The second-order valence-electron chi connectivity index (χ2n) is 13.7. The highest BCUT2D eigenvalue weighted by Gasteiger charge is 2.19. The van der Waals surface area contributed by atoms with Gasteiger partial charge in [0.15, 0.2) is 0 Å². The van der Waals surface area contributed by atoms with Gasteiger partial charge in [0.25, 0.3) is 0 Å². The Hall–Kier alpha value is -6.68. The van der Waals surface area contributed by atoms with E-state index in [-0.39, 0.29) is 0 Å². The maximum atomic E-state index is 6.31. The third-order valence-corrected chi connectivity index (χ3v) is 11.7. The Labute approximate surface area is 310 Å². The normalized spacial score (nSPS) is 11.8. The monoisotopic (exact) mass is 693 g/mol. The zero-order valence-corrected chi connectivity index (χ0v) is 29.5. The van der Waals surface area contributed by atoms with Crippen molar-refractivity contribution in [3.63, 3.8) is 0 Å². The Morgan fingerprint density at radius 3 is 1.85 bits per heavy atom. The Kier molecular flexibility index (Phi) is 6.76. The van der Waals surface area contributed by atoms with Gasteiger partial charge in [-0.05, 0) is 117 Å². The van der Waals surface area contributed by atoms with Crippen molar-refractivity contribution < 1.29 is 4.42 Å². The van der Waals surface area contributed by atoms with E-state index in [4.69, 9.17) is 4.42 Å². The summed E-state index contributed by atoms with van der Waals surface area (Å²) < 4.78 is 8.86. The van der Waals surface area contributed by atoms with E-state index < -0.39 is 0 Å². The lowest BCUT2D eigenvalue weighted by molar-refractivity contribution is 0.669. The topological polar surface area (TPSA) is 16.4 Å². The van der Waals surface area contributed by atoms with Gasteiger partial charge in [0, 0.05) is 48.0 Å². The lowest BCUT2D eigenvalue weighted by Crippen LogP contribution is -2.09. The van der Waals surface area contributed by atoms with Crippen LogP contribution in [0.25, 0.3) is 85.9 Å². The minimum absolute atomic E-state index is 0.914. The van der Waals surface area contributed by atoms with Crippen LogP contribution in [0.1, 0.15) is 0 Å². The zero-order valence-electron chi connectivity index (χ0n) is 28.7. The fraction of sp³-hybridized carbons (Fsp3) is 0. The van der Waals surface area contributed by atoms with E-state index in [0.29, 0.717) is 0 Å². The van der Waals surface area contributed by atoms with Crippen LogP contribution in [0.4, 0.5) is 17.1 Å². The van der Waals surface area contributed by atoms with Crippen molar-refractivity contribution in [2.75, 3.05) is 4.90 Å². The van der Waals surface area contributed by atoms with Gasteiger partial charge in [0.1, 0.15) is 11.2 Å². The van der Waals surface area contributed by atoms with Crippen LogP contribution >= 0.6 is 11.3 Å². The average molecular weight is 694 g/mol. The molecule has 248 valence electrons. The van der Waals surface area contributed by atoms with Gasteiger partial charge < -0.3 is 9.32 Å². The molecule has 3 heteroatoms. The summed E-state index contributed by atoms with van der Waals surface area (Å²) in [6, 6.07) is 68.1. The van der Waals surface area contributed by atoms with Crippen LogP contribution in [0.5, 0.6) is 0 Å². The highest BCUT2D eigenvalue weighted by atomic mass is 32.1. The smallest absolute Gasteiger partial charge is 0.136 e. The van der Waals surface area contributed by atoms with E-state index in [9.17, 15) is 0 Å². The molecule has 2 nitrogen and oxygen atoms in total. The molecule has 2 heterocycles. The van der Waals surface area contributed by atoms with Crippen LogP contribution in [0, 0.1) is 0 Å². The van der Waals surface area contributed by atoms with E-state index >= 15 is 0 Å². The fourth-order valence-electron chi connectivity index (χ4n) is 8.12. The number of rotatable bonds is 5. The lowest BCUT2D eigenvalue weighted by Gasteiger charge is -2.26. The number of fused-ring (bicyclic) bond motifs is 8. The fourth-order valence-corrected chi connectivity index (χ4v) is 9.23. The van der Waals surface area contributed by atoms with Crippen molar-refractivity contribution in [2.45, 2.75) is 0 Å². The van der Waals surface area contributed by atoms with Gasteiger partial charge in [-0.1, -0.05) is 115 Å². The van der Waals surface area contributed by atoms with Gasteiger partial charge in [0.05, 0.1) is 0 Å². The molecular formula is C50H31NOS. The van der Waals surface area contributed by atoms with Crippen molar-refractivity contribution in [2.24, 2.45) is 0 Å². The zero-order chi connectivity index (χ0) is 34.9. The highest BCUT2D eigenvalue weighted by Crippen LogP contribution is 2.46. The number of hydrogen-bond donors (Lipinski definition) is 0. The number of furan rings is 1. The largest absolute Gasteiger partial charge is 0.456 e. The predicted octanol–water partition coefficient (Wildman–Crippen LogP) is 15.1. The average Bonchev–Trinajstić information content (AvgIpc) is 3.79. The van der Waals surface area contributed by atoms with Crippen LogP contribution in [0.3, 0.4) is 0 Å². The quantitative estimate of drug-likeness (QED) is 0.178. The van der Waals surface area contributed by atoms with Gasteiger partial charge >= 0.3 is 0 Å². The summed E-state index contributed by atoms with van der Waals surface area (Å²) in [6.07, 6.45) is 0. The number of para-hydroxylation sites is 2. The molecule has 53 heavy (non-hydrogen) atoms. The Balaban J connectivity index is 1.06. The molecule has 0 saturated heterocycles. The first-order valence-corrected chi connectivity index (χ1v) is 18.8. The van der Waals surface area contributed by atoms with Crippen molar-refractivity contribution in [1.29, 1.82) is 0 Å². The summed E-state index contributed by atoms with van der Waals surface area (Å²) in [7, 11) is 0. The molecule has 0 bridgehead atoms. The molecule has 0 aliphatic carbocycles. The van der Waals surface area contributed by atoms with Gasteiger partial charge in [-0.25, -0.2) is 0 Å². The summed E-state index contributed by atoms with van der Waals surface area (Å²) in [5.74, 6) is 0. The lowest BCUT2D eigenvalue weighted by atomic mass is 9.95. The van der Waals surface area contributed by atoms with Crippen molar-refractivity contribution in [3.05, 3.63) is 188 Å². The molecule has 11 aromatic rings. The summed E-state index contributed by atoms with van der Waals surface area (Å²) in [4.78, 5) is 2.38. The third-order valence-electron chi connectivity index (χ3n) is 10.6. The minimum atomic E-state index is 0.914. The van der Waals surface area contributed by atoms with Crippen LogP contribution < -0.4 is 4.90 Å². The molecule has 9 aromatic carbocycles. The van der Waals surface area contributed by atoms with Crippen LogP contribution in [0.2, 0.25) is 0 Å². The molecule has 0 N–H and O–H groups in total. The number of nitrogens with zero attached hydrogens (tertiary/aromatic N) is 1. The maximum absolute atomic E-state index is 6.31. The molecule has 0 aliphatic rings. The molecule has 11 rings (SSSR count). The third kappa shape index (κ3) is 4.93. The number of anilines is 3. The highest BCUT2D eigenvalue weighted by molar-refractivity contribution is 7.26. The number of hydrogen-bond acceptors (Lipinski definition) is 3. The van der Waals surface area contributed by atoms with E-state index in [2.05, 4.69) is 187 Å². The molecule has 0 amide bonds. The molecule has 0 atom stereocenters. The molecule has 0 aliphatic heterocycles. The van der Waals surface area contributed by atoms with E-state index in [1.807, 2.05) is 17.4 Å². The summed E-state index contributed by atoms with van der Waals surface area (Å²) in [5.41, 5.74) is 10.1. The molecule has 0 unspecified atom stereocenters. The van der Waals surface area contributed by atoms with Crippen molar-refractivity contribution >= 4 is 92.1 Å². The summed E-state index contributed by atoms with van der Waals surface area (Å²) in [5, 5.41) is 9.78. The van der Waals surface area contributed by atoms with Gasteiger partial charge in [0.2, 0.25) is 0 Å². The Morgan fingerprint density at radius 1 is 0.358 bits per heavy atom. The Morgan fingerprint density at radius 2 is 0.981 bits per heavy atom. The maximum Gasteiger partial charge on any atom is 0.136 e. The Bertz CT molecular complexity index is 3190. The predicted molar refractivity (Wildman–Crippen MR) is 227 cm³/mol.